The van der Waals surface area contributed by atoms with Gasteiger partial charge in [-0.15, -0.1) is 45.3 Å². The topological polar surface area (TPSA) is 89.2 Å². The molecule has 2 atom stereocenters. The Morgan fingerprint density at radius 3 is 1.95 bits per heavy atom. The second-order valence-corrected chi connectivity index (χ2v) is 22.3. The fourth-order valence-corrected chi connectivity index (χ4v) is 15.4. The monoisotopic (exact) mass is 953 g/mol. The molecule has 0 N–H and O–H groups in total. The summed E-state index contributed by atoms with van der Waals surface area (Å²) in [5.41, 5.74) is 11.9. The van der Waals surface area contributed by atoms with Gasteiger partial charge in [0.15, 0.2) is 0 Å². The van der Waals surface area contributed by atoms with E-state index in [1.54, 1.807) is 22.7 Å². The maximum absolute atomic E-state index is 5.13. The number of para-hydroxylation sites is 2. The van der Waals surface area contributed by atoms with Gasteiger partial charge in [-0.05, 0) is 84.2 Å². The van der Waals surface area contributed by atoms with Crippen LogP contribution in [0, 0.1) is 11.8 Å². The van der Waals surface area contributed by atoms with Gasteiger partial charge in [-0.25, -0.2) is 14.4 Å². The Labute approximate surface area is 400 Å². The minimum absolute atomic E-state index is 0.136. The molecule has 0 saturated carbocycles. The minimum Gasteiger partial charge on any atom is -0.252 e. The highest BCUT2D eigenvalue weighted by Crippen LogP contribution is 2.63. The van der Waals surface area contributed by atoms with E-state index >= 15 is 0 Å². The van der Waals surface area contributed by atoms with E-state index in [2.05, 4.69) is 82.8 Å². The first-order valence-electron chi connectivity index (χ1n) is 22.6. The van der Waals surface area contributed by atoms with Crippen molar-refractivity contribution < 1.29 is 0 Å². The molecule has 64 heavy (non-hydrogen) atoms. The number of thiophene rings is 2. The lowest BCUT2D eigenvalue weighted by atomic mass is 9.65. The van der Waals surface area contributed by atoms with E-state index in [0.717, 1.165) is 88.2 Å². The first-order chi connectivity index (χ1) is 31.4. The number of aliphatic imine (C=N–C) groups is 1. The van der Waals surface area contributed by atoms with Gasteiger partial charge in [0.2, 0.25) is 0 Å². The van der Waals surface area contributed by atoms with Crippen LogP contribution < -0.4 is 0 Å². The number of hydrogen-bond donors (Lipinski definition) is 0. The highest BCUT2D eigenvalue weighted by molar-refractivity contribution is 7.97. The summed E-state index contributed by atoms with van der Waals surface area (Å²) in [4.78, 5) is 25.4. The molecule has 326 valence electrons. The van der Waals surface area contributed by atoms with Crippen LogP contribution in [0.1, 0.15) is 113 Å². The van der Waals surface area contributed by atoms with Crippen molar-refractivity contribution in [2.45, 2.75) is 97.3 Å². The molecule has 0 spiro atoms. The Balaban J connectivity index is 1.14. The van der Waals surface area contributed by atoms with Crippen molar-refractivity contribution in [1.82, 2.24) is 23.7 Å². The molecule has 0 saturated heterocycles. The molecular weight excluding hydrogens is 903 g/mol. The molecule has 8 aromatic rings. The Hall–Kier alpha value is -4.24. The summed E-state index contributed by atoms with van der Waals surface area (Å²) in [7, 11) is 0. The van der Waals surface area contributed by atoms with Gasteiger partial charge in [0, 0.05) is 60.3 Å². The van der Waals surface area contributed by atoms with Gasteiger partial charge >= 0.3 is 0 Å². The van der Waals surface area contributed by atoms with Crippen molar-refractivity contribution in [3.8, 4) is 30.9 Å². The van der Waals surface area contributed by atoms with Gasteiger partial charge in [-0.1, -0.05) is 110 Å². The van der Waals surface area contributed by atoms with E-state index in [1.807, 2.05) is 53.5 Å². The third-order valence-corrected chi connectivity index (χ3v) is 18.7. The number of fused-ring (bicyclic) bond motifs is 6. The molecule has 1 aliphatic heterocycles. The van der Waals surface area contributed by atoms with Crippen LogP contribution in [0.3, 0.4) is 0 Å². The average molecular weight is 954 g/mol. The van der Waals surface area contributed by atoms with Gasteiger partial charge in [0.1, 0.15) is 32.5 Å². The normalized spacial score (nSPS) is 17.7. The zero-order valence-electron chi connectivity index (χ0n) is 36.9. The molecule has 0 radical (unpaired) electrons. The Morgan fingerprint density at radius 2 is 1.33 bits per heavy atom. The third kappa shape index (κ3) is 7.77. The highest BCUT2D eigenvalue weighted by atomic mass is 32.2. The zero-order valence-corrected chi connectivity index (χ0v) is 41.8. The van der Waals surface area contributed by atoms with Crippen LogP contribution in [-0.4, -0.2) is 41.4 Å². The lowest BCUT2D eigenvalue weighted by Gasteiger charge is -2.37. The molecule has 7 nitrogen and oxygen atoms in total. The fourth-order valence-electron chi connectivity index (χ4n) is 9.80. The number of nitrogens with zero attached hydrogens (tertiary/aromatic N) is 7. The van der Waals surface area contributed by atoms with E-state index in [-0.39, 0.29) is 5.41 Å². The second kappa shape index (κ2) is 18.6. The molecule has 2 aromatic carbocycles. The van der Waals surface area contributed by atoms with Crippen LogP contribution in [-0.2, 0) is 5.41 Å². The van der Waals surface area contributed by atoms with Crippen molar-refractivity contribution in [3.63, 3.8) is 0 Å². The maximum Gasteiger partial charge on any atom is 0.145 e. The van der Waals surface area contributed by atoms with Crippen molar-refractivity contribution in [2.75, 3.05) is 6.26 Å². The van der Waals surface area contributed by atoms with Crippen LogP contribution in [0.15, 0.2) is 94.6 Å². The molecule has 0 fully saturated rings. The summed E-state index contributed by atoms with van der Waals surface area (Å²) in [5.74, 6) is 1.23. The van der Waals surface area contributed by atoms with E-state index in [1.165, 1.54) is 106 Å². The van der Waals surface area contributed by atoms with Crippen molar-refractivity contribution in [2.24, 2.45) is 21.2 Å². The van der Waals surface area contributed by atoms with Crippen LogP contribution in [0.2, 0.25) is 0 Å². The molecule has 6 aromatic heterocycles. The number of thiazole rings is 2. The summed E-state index contributed by atoms with van der Waals surface area (Å²) < 4.78 is 17.2. The average Bonchev–Trinajstić information content (AvgIpc) is 4.18. The molecule has 0 bridgehead atoms. The lowest BCUT2D eigenvalue weighted by Crippen LogP contribution is -2.31. The lowest BCUT2D eigenvalue weighted by molar-refractivity contribution is 0.266. The SMILES string of the molecule is C=C1C(c2nc3ccccc3s2)=NC=C(c2cc3c(s2)-c2sc(-c4cnc(-c5nc6ccccc6s5)c5nsnc45)cc2C3(CC(CC)CCCC)CC(CC)CCCC)/C1=N/SC. The number of hydrogen-bond acceptors (Lipinski definition) is 13. The number of rotatable bonds is 17. The predicted molar refractivity (Wildman–Crippen MR) is 281 cm³/mol. The second-order valence-electron chi connectivity index (χ2n) is 17.1. The van der Waals surface area contributed by atoms with E-state index < -0.39 is 0 Å². The third-order valence-electron chi connectivity index (χ3n) is 13.2. The van der Waals surface area contributed by atoms with Gasteiger partial charge in [0.25, 0.3) is 0 Å². The number of pyridine rings is 1. The smallest absolute Gasteiger partial charge is 0.145 e. The first-order valence-corrected chi connectivity index (χ1v) is 27.8. The van der Waals surface area contributed by atoms with E-state index in [0.29, 0.717) is 11.8 Å². The van der Waals surface area contributed by atoms with Gasteiger partial charge in [0.05, 0.1) is 37.9 Å². The van der Waals surface area contributed by atoms with Crippen LogP contribution in [0.5, 0.6) is 0 Å². The molecule has 0 amide bonds. The zero-order chi connectivity index (χ0) is 44.0. The van der Waals surface area contributed by atoms with Gasteiger partial charge < -0.3 is 0 Å². The fraction of sp³-hybridized carbons (Fsp3) is 0.353. The minimum atomic E-state index is -0.136. The molecule has 10 rings (SSSR count). The predicted octanol–water partition coefficient (Wildman–Crippen LogP) is 16.4. The molecule has 2 aliphatic rings. The summed E-state index contributed by atoms with van der Waals surface area (Å²) >= 11 is 9.87. The van der Waals surface area contributed by atoms with E-state index in [9.17, 15) is 0 Å². The summed E-state index contributed by atoms with van der Waals surface area (Å²) in [6.07, 6.45) is 18.2. The Kier molecular flexibility index (Phi) is 12.7. The largest absolute Gasteiger partial charge is 0.252 e. The van der Waals surface area contributed by atoms with Gasteiger partial charge in [-0.2, -0.15) is 8.75 Å². The van der Waals surface area contributed by atoms with E-state index in [4.69, 9.17) is 33.1 Å². The number of benzene rings is 2. The summed E-state index contributed by atoms with van der Waals surface area (Å²) in [5, 5.41) is 1.76. The summed E-state index contributed by atoms with van der Waals surface area (Å²) in [6, 6.07) is 21.6. The Morgan fingerprint density at radius 1 is 0.734 bits per heavy atom. The molecule has 7 heterocycles. The molecule has 2 unspecified atom stereocenters. The van der Waals surface area contributed by atoms with Gasteiger partial charge in [-0.3, -0.25) is 9.98 Å². The van der Waals surface area contributed by atoms with Crippen molar-refractivity contribution >= 4 is 117 Å². The van der Waals surface area contributed by atoms with Crippen molar-refractivity contribution in [3.05, 3.63) is 106 Å². The maximum atomic E-state index is 5.13. The summed E-state index contributed by atoms with van der Waals surface area (Å²) in [6.45, 7) is 14.1. The van der Waals surface area contributed by atoms with Crippen LogP contribution >= 0.6 is 69.0 Å². The Bertz CT molecular complexity index is 3030. The van der Waals surface area contributed by atoms with Crippen LogP contribution in [0.4, 0.5) is 0 Å². The first kappa shape index (κ1) is 43.6. The van der Waals surface area contributed by atoms with Crippen molar-refractivity contribution in [1.29, 1.82) is 0 Å². The van der Waals surface area contributed by atoms with Crippen LogP contribution in [0.25, 0.3) is 67.9 Å². The quantitative estimate of drug-likeness (QED) is 0.0845. The molecule has 13 heteroatoms. The number of unbranched alkanes of at least 4 members (excludes halogenated alkanes) is 2. The molecular formula is C51H51N7S6. The highest BCUT2D eigenvalue weighted by Gasteiger charge is 2.48. The standard InChI is InChI=1S/C51H51N7S6/c1-7-11-17-30(9-3)25-51(26-31(10-4)18-12-8-2)34-23-40(32-27-52-43(29(5)42(32)56-59-6)49-54-36-19-13-15-21-38(36)62-49)60-47(34)48-35(51)24-41(61-48)33-28-53-46(45-44(33)57-64-58-45)50-55-37-20-14-16-22-39(37)63-50/h13-16,19-24,27-28,30-31H,5,7-12,17-18,25-26H2,1-4,6H3/b56-42+. The number of allylic oxidation sites excluding steroid dienone is 2. The molecule has 1 aliphatic carbocycles. The number of aromatic nitrogens is 5.